The Morgan fingerprint density at radius 3 is 3.08 bits per heavy atom. The summed E-state index contributed by atoms with van der Waals surface area (Å²) in [6.07, 6.45) is 5.42. The first-order chi connectivity index (χ1) is 11.8. The van der Waals surface area contributed by atoms with Crippen LogP contribution in [-0.4, -0.2) is 56.6 Å². The van der Waals surface area contributed by atoms with Gasteiger partial charge in [-0.3, -0.25) is 14.5 Å². The minimum absolute atomic E-state index is 0.0664. The maximum atomic E-state index is 12.9. The third-order valence-electron chi connectivity index (χ3n) is 3.93. The standard InChI is InChI=1S/C16H22N6O2/c17-6-8-22-12-15(19-20-22)16(23)21(11-14-5-3-9-24-14)10-13-4-1-2-7-18-13/h1-2,4,7,12,14H,3,5-6,8-11,17H2. The van der Waals surface area contributed by atoms with Crippen molar-refractivity contribution in [2.24, 2.45) is 5.73 Å². The van der Waals surface area contributed by atoms with Crippen molar-refractivity contribution in [2.75, 3.05) is 19.7 Å². The summed E-state index contributed by atoms with van der Waals surface area (Å²) < 4.78 is 7.26. The molecule has 1 amide bonds. The fourth-order valence-electron chi connectivity index (χ4n) is 2.74. The molecule has 2 N–H and O–H groups in total. The maximum Gasteiger partial charge on any atom is 0.276 e. The summed E-state index contributed by atoms with van der Waals surface area (Å²) >= 11 is 0. The van der Waals surface area contributed by atoms with E-state index in [2.05, 4.69) is 15.3 Å². The van der Waals surface area contributed by atoms with E-state index in [1.165, 1.54) is 0 Å². The SMILES string of the molecule is NCCn1cc(C(=O)N(Cc2ccccn2)CC2CCCO2)nn1. The molecule has 24 heavy (non-hydrogen) atoms. The van der Waals surface area contributed by atoms with E-state index >= 15 is 0 Å². The van der Waals surface area contributed by atoms with Gasteiger partial charge in [0.25, 0.3) is 5.91 Å². The van der Waals surface area contributed by atoms with Gasteiger partial charge in [-0.25, -0.2) is 0 Å². The first kappa shape index (κ1) is 16.5. The molecule has 1 unspecified atom stereocenters. The summed E-state index contributed by atoms with van der Waals surface area (Å²) in [4.78, 5) is 18.9. The minimum atomic E-state index is -0.167. The minimum Gasteiger partial charge on any atom is -0.376 e. The summed E-state index contributed by atoms with van der Waals surface area (Å²) in [5.41, 5.74) is 6.66. The average molecular weight is 330 g/mol. The van der Waals surface area contributed by atoms with Crippen LogP contribution in [0.15, 0.2) is 30.6 Å². The van der Waals surface area contributed by atoms with Crippen molar-refractivity contribution in [1.29, 1.82) is 0 Å². The normalized spacial score (nSPS) is 17.1. The van der Waals surface area contributed by atoms with Crippen molar-refractivity contribution in [3.8, 4) is 0 Å². The van der Waals surface area contributed by atoms with Crippen LogP contribution in [0.25, 0.3) is 0 Å². The van der Waals surface area contributed by atoms with Gasteiger partial charge in [0.15, 0.2) is 5.69 Å². The van der Waals surface area contributed by atoms with Crippen molar-refractivity contribution in [2.45, 2.75) is 32.0 Å². The van der Waals surface area contributed by atoms with Crippen molar-refractivity contribution in [1.82, 2.24) is 24.9 Å². The van der Waals surface area contributed by atoms with Crippen LogP contribution in [0.5, 0.6) is 0 Å². The molecule has 1 atom stereocenters. The number of carbonyl (C=O) groups is 1. The highest BCUT2D eigenvalue weighted by Crippen LogP contribution is 2.16. The molecule has 2 aromatic heterocycles. The molecule has 1 saturated heterocycles. The molecular formula is C16H22N6O2. The highest BCUT2D eigenvalue weighted by Gasteiger charge is 2.25. The summed E-state index contributed by atoms with van der Waals surface area (Å²) in [5, 5.41) is 7.92. The molecule has 1 aliphatic heterocycles. The fraction of sp³-hybridized carbons (Fsp3) is 0.500. The van der Waals surface area contributed by atoms with E-state index in [9.17, 15) is 4.79 Å². The first-order valence-electron chi connectivity index (χ1n) is 8.17. The van der Waals surface area contributed by atoms with E-state index in [-0.39, 0.29) is 12.0 Å². The number of nitrogens with zero attached hydrogens (tertiary/aromatic N) is 5. The van der Waals surface area contributed by atoms with Gasteiger partial charge in [0, 0.05) is 25.9 Å². The van der Waals surface area contributed by atoms with Crippen LogP contribution in [0.2, 0.25) is 0 Å². The van der Waals surface area contributed by atoms with Crippen LogP contribution in [0.3, 0.4) is 0 Å². The Hall–Kier alpha value is -2.32. The zero-order chi connectivity index (χ0) is 16.8. The maximum absolute atomic E-state index is 12.9. The zero-order valence-electron chi connectivity index (χ0n) is 13.5. The van der Waals surface area contributed by atoms with E-state index in [1.54, 1.807) is 22.0 Å². The number of nitrogens with two attached hydrogens (primary N) is 1. The molecule has 8 nitrogen and oxygen atoms in total. The van der Waals surface area contributed by atoms with E-state index in [4.69, 9.17) is 10.5 Å². The topological polar surface area (TPSA) is 99.2 Å². The van der Waals surface area contributed by atoms with Gasteiger partial charge in [-0.1, -0.05) is 11.3 Å². The summed E-state index contributed by atoms with van der Waals surface area (Å²) in [7, 11) is 0. The Morgan fingerprint density at radius 2 is 2.38 bits per heavy atom. The lowest BCUT2D eigenvalue weighted by molar-refractivity contribution is 0.0500. The molecule has 3 rings (SSSR count). The van der Waals surface area contributed by atoms with Gasteiger partial charge in [-0.15, -0.1) is 5.10 Å². The number of carbonyl (C=O) groups excluding carboxylic acids is 1. The number of ether oxygens (including phenoxy) is 1. The van der Waals surface area contributed by atoms with Crippen molar-refractivity contribution in [3.05, 3.63) is 42.0 Å². The Kier molecular flexibility index (Phi) is 5.50. The lowest BCUT2D eigenvalue weighted by Crippen LogP contribution is -2.37. The van der Waals surface area contributed by atoms with Gasteiger partial charge in [-0.2, -0.15) is 0 Å². The molecule has 128 valence electrons. The largest absolute Gasteiger partial charge is 0.376 e. The van der Waals surface area contributed by atoms with Crippen molar-refractivity contribution >= 4 is 5.91 Å². The molecule has 3 heterocycles. The Balaban J connectivity index is 1.75. The average Bonchev–Trinajstić information content (AvgIpc) is 3.27. The number of hydrogen-bond donors (Lipinski definition) is 1. The predicted octanol–water partition coefficient (Wildman–Crippen LogP) is 0.453. The number of amides is 1. The van der Waals surface area contributed by atoms with Gasteiger partial charge in [0.05, 0.1) is 31.1 Å². The van der Waals surface area contributed by atoms with Gasteiger partial charge in [-0.05, 0) is 25.0 Å². The summed E-state index contributed by atoms with van der Waals surface area (Å²) in [6.45, 7) is 2.68. The van der Waals surface area contributed by atoms with Crippen LogP contribution in [-0.2, 0) is 17.8 Å². The van der Waals surface area contributed by atoms with Gasteiger partial charge < -0.3 is 15.4 Å². The van der Waals surface area contributed by atoms with Crippen LogP contribution in [0.1, 0.15) is 29.0 Å². The second-order valence-corrected chi connectivity index (χ2v) is 5.80. The Morgan fingerprint density at radius 1 is 1.46 bits per heavy atom. The summed E-state index contributed by atoms with van der Waals surface area (Å²) in [6, 6.07) is 5.67. The lowest BCUT2D eigenvalue weighted by Gasteiger charge is -2.24. The molecule has 0 spiro atoms. The Labute approximate surface area is 140 Å². The van der Waals surface area contributed by atoms with Crippen LogP contribution in [0, 0.1) is 0 Å². The second kappa shape index (κ2) is 7.98. The first-order valence-corrected chi connectivity index (χ1v) is 8.17. The third-order valence-corrected chi connectivity index (χ3v) is 3.93. The van der Waals surface area contributed by atoms with Crippen LogP contribution >= 0.6 is 0 Å². The molecule has 1 aliphatic rings. The van der Waals surface area contributed by atoms with Gasteiger partial charge >= 0.3 is 0 Å². The van der Waals surface area contributed by atoms with E-state index in [0.717, 1.165) is 25.1 Å². The predicted molar refractivity (Wildman–Crippen MR) is 87.0 cm³/mol. The van der Waals surface area contributed by atoms with Crippen molar-refractivity contribution < 1.29 is 9.53 Å². The monoisotopic (exact) mass is 330 g/mol. The van der Waals surface area contributed by atoms with E-state index < -0.39 is 0 Å². The van der Waals surface area contributed by atoms with Crippen LogP contribution < -0.4 is 5.73 Å². The fourth-order valence-corrected chi connectivity index (χ4v) is 2.74. The highest BCUT2D eigenvalue weighted by atomic mass is 16.5. The van der Waals surface area contributed by atoms with Crippen LogP contribution in [0.4, 0.5) is 0 Å². The molecule has 0 aliphatic carbocycles. The smallest absolute Gasteiger partial charge is 0.276 e. The molecule has 8 heteroatoms. The second-order valence-electron chi connectivity index (χ2n) is 5.80. The van der Waals surface area contributed by atoms with Crippen molar-refractivity contribution in [3.63, 3.8) is 0 Å². The molecule has 0 aromatic carbocycles. The number of pyridine rings is 1. The highest BCUT2D eigenvalue weighted by molar-refractivity contribution is 5.91. The van der Waals surface area contributed by atoms with E-state index in [0.29, 0.717) is 31.9 Å². The quantitative estimate of drug-likeness (QED) is 0.791. The molecular weight excluding hydrogens is 308 g/mol. The molecule has 0 saturated carbocycles. The van der Waals surface area contributed by atoms with E-state index in [1.807, 2.05) is 18.2 Å². The molecule has 0 bridgehead atoms. The summed E-state index contributed by atoms with van der Waals surface area (Å²) in [5.74, 6) is -0.167. The third kappa shape index (κ3) is 4.15. The van der Waals surface area contributed by atoms with Gasteiger partial charge in [0.1, 0.15) is 0 Å². The lowest BCUT2D eigenvalue weighted by atomic mass is 10.2. The van der Waals surface area contributed by atoms with Gasteiger partial charge in [0.2, 0.25) is 0 Å². The number of hydrogen-bond acceptors (Lipinski definition) is 6. The number of rotatable bonds is 7. The Bertz CT molecular complexity index is 654. The molecule has 1 fully saturated rings. The molecule has 0 radical (unpaired) electrons. The number of aromatic nitrogens is 4. The zero-order valence-corrected chi connectivity index (χ0v) is 13.5. The molecule has 2 aromatic rings.